The van der Waals surface area contributed by atoms with Crippen LogP contribution in [0.25, 0.3) is 0 Å². The molecule has 2 N–H and O–H groups in total. The van der Waals surface area contributed by atoms with E-state index in [0.29, 0.717) is 11.8 Å². The Morgan fingerprint density at radius 1 is 1.35 bits per heavy atom. The van der Waals surface area contributed by atoms with Crippen LogP contribution in [0, 0.1) is 17.8 Å². The number of carboxylic acids is 1. The molecular formula is C13H19NO3. The molecule has 0 aromatic heterocycles. The average Bonchev–Trinajstić information content (AvgIpc) is 2.74. The number of hydrogen-bond acceptors (Lipinski definition) is 2. The molecule has 0 spiro atoms. The van der Waals surface area contributed by atoms with Gasteiger partial charge in [0, 0.05) is 11.5 Å². The number of allylic oxidation sites excluding steroid dienone is 2. The molecule has 0 aliphatic heterocycles. The molecule has 3 unspecified atom stereocenters. The summed E-state index contributed by atoms with van der Waals surface area (Å²) in [5.41, 5.74) is -0.672. The second-order valence-electron chi connectivity index (χ2n) is 5.83. The van der Waals surface area contributed by atoms with Gasteiger partial charge >= 0.3 is 5.97 Å². The van der Waals surface area contributed by atoms with Crippen molar-refractivity contribution in [3.63, 3.8) is 0 Å². The first-order chi connectivity index (χ1) is 7.87. The molecule has 2 aliphatic rings. The number of carboxylic acid groups (broad SMARTS) is 1. The van der Waals surface area contributed by atoms with Crippen LogP contribution in [0.2, 0.25) is 0 Å². The van der Waals surface area contributed by atoms with Crippen LogP contribution >= 0.6 is 0 Å². The average molecular weight is 237 g/mol. The van der Waals surface area contributed by atoms with Crippen LogP contribution in [-0.2, 0) is 9.59 Å². The van der Waals surface area contributed by atoms with Crippen LogP contribution in [0.5, 0.6) is 0 Å². The van der Waals surface area contributed by atoms with Crippen molar-refractivity contribution in [2.45, 2.75) is 38.6 Å². The van der Waals surface area contributed by atoms with Gasteiger partial charge in [0.15, 0.2) is 0 Å². The van der Waals surface area contributed by atoms with Crippen molar-refractivity contribution in [1.29, 1.82) is 0 Å². The van der Waals surface area contributed by atoms with Gasteiger partial charge in [0.25, 0.3) is 0 Å². The van der Waals surface area contributed by atoms with Gasteiger partial charge in [-0.1, -0.05) is 12.2 Å². The number of carbonyl (C=O) groups is 2. The van der Waals surface area contributed by atoms with Gasteiger partial charge in [0.2, 0.25) is 5.91 Å². The summed E-state index contributed by atoms with van der Waals surface area (Å²) in [6, 6.07) is 0. The van der Waals surface area contributed by atoms with Crippen molar-refractivity contribution < 1.29 is 14.7 Å². The predicted octanol–water partition coefficient (Wildman–Crippen LogP) is 1.57. The van der Waals surface area contributed by atoms with E-state index in [1.807, 2.05) is 0 Å². The molecule has 4 nitrogen and oxygen atoms in total. The number of aliphatic carboxylic acids is 1. The second kappa shape index (κ2) is 4.17. The van der Waals surface area contributed by atoms with Gasteiger partial charge in [-0.15, -0.1) is 0 Å². The summed E-state index contributed by atoms with van der Waals surface area (Å²) in [4.78, 5) is 22.8. The Labute approximate surface area is 101 Å². The third-order valence-corrected chi connectivity index (χ3v) is 3.67. The highest BCUT2D eigenvalue weighted by atomic mass is 16.4. The van der Waals surface area contributed by atoms with Crippen molar-refractivity contribution in [2.24, 2.45) is 17.8 Å². The van der Waals surface area contributed by atoms with Crippen LogP contribution in [0.15, 0.2) is 12.2 Å². The van der Waals surface area contributed by atoms with E-state index in [9.17, 15) is 9.59 Å². The van der Waals surface area contributed by atoms with E-state index in [2.05, 4.69) is 17.5 Å². The molecule has 2 aliphatic carbocycles. The summed E-state index contributed by atoms with van der Waals surface area (Å²) in [7, 11) is 0. The van der Waals surface area contributed by atoms with Gasteiger partial charge in [-0.25, -0.2) is 0 Å². The van der Waals surface area contributed by atoms with Crippen molar-refractivity contribution >= 4 is 11.9 Å². The Hall–Kier alpha value is -1.32. The Bertz CT molecular complexity index is 373. The van der Waals surface area contributed by atoms with E-state index in [1.165, 1.54) is 0 Å². The van der Waals surface area contributed by atoms with Crippen molar-refractivity contribution in [1.82, 2.24) is 5.32 Å². The van der Waals surface area contributed by atoms with Crippen LogP contribution in [0.1, 0.15) is 33.1 Å². The van der Waals surface area contributed by atoms with Crippen molar-refractivity contribution in [3.05, 3.63) is 12.2 Å². The molecular weight excluding hydrogens is 218 g/mol. The molecule has 1 saturated carbocycles. The Balaban J connectivity index is 1.93. The van der Waals surface area contributed by atoms with Crippen molar-refractivity contribution in [3.8, 4) is 0 Å². The van der Waals surface area contributed by atoms with E-state index in [4.69, 9.17) is 5.11 Å². The molecule has 2 rings (SSSR count). The van der Waals surface area contributed by atoms with Gasteiger partial charge in [0.1, 0.15) is 0 Å². The van der Waals surface area contributed by atoms with Crippen LogP contribution in [0.3, 0.4) is 0 Å². The fourth-order valence-corrected chi connectivity index (χ4v) is 2.93. The van der Waals surface area contributed by atoms with Crippen LogP contribution in [-0.4, -0.2) is 22.5 Å². The lowest BCUT2D eigenvalue weighted by atomic mass is 9.91. The third-order valence-electron chi connectivity index (χ3n) is 3.67. The smallest absolute Gasteiger partial charge is 0.305 e. The summed E-state index contributed by atoms with van der Waals surface area (Å²) in [6.07, 6.45) is 6.27. The molecule has 1 fully saturated rings. The first-order valence-corrected chi connectivity index (χ1v) is 6.09. The number of amides is 1. The molecule has 4 heteroatoms. The predicted molar refractivity (Wildman–Crippen MR) is 63.3 cm³/mol. The number of rotatable bonds is 4. The van der Waals surface area contributed by atoms with Gasteiger partial charge in [-0.3, -0.25) is 9.59 Å². The third kappa shape index (κ3) is 2.68. The van der Waals surface area contributed by atoms with Gasteiger partial charge < -0.3 is 10.4 Å². The number of hydrogen-bond donors (Lipinski definition) is 2. The lowest BCUT2D eigenvalue weighted by Gasteiger charge is -2.28. The maximum absolute atomic E-state index is 12.1. The summed E-state index contributed by atoms with van der Waals surface area (Å²) < 4.78 is 0. The number of carbonyl (C=O) groups excluding carboxylic acids is 1. The molecule has 0 aromatic carbocycles. The number of nitrogens with one attached hydrogen (secondary N) is 1. The zero-order chi connectivity index (χ0) is 12.6. The second-order valence-corrected chi connectivity index (χ2v) is 5.83. The molecule has 1 amide bonds. The molecule has 94 valence electrons. The topological polar surface area (TPSA) is 66.4 Å². The maximum atomic E-state index is 12.1. The fourth-order valence-electron chi connectivity index (χ4n) is 2.93. The maximum Gasteiger partial charge on any atom is 0.305 e. The fraction of sp³-hybridized carbons (Fsp3) is 0.692. The highest BCUT2D eigenvalue weighted by Gasteiger charge is 2.41. The Morgan fingerprint density at radius 2 is 2.06 bits per heavy atom. The highest BCUT2D eigenvalue weighted by molar-refractivity contribution is 5.81. The van der Waals surface area contributed by atoms with Crippen LogP contribution in [0.4, 0.5) is 0 Å². The summed E-state index contributed by atoms with van der Waals surface area (Å²) >= 11 is 0. The molecule has 0 aromatic rings. The standard InChI is InChI=1S/C13H19NO3/c1-13(2,7-11(15)16)14-12(17)10-6-8-3-4-9(10)5-8/h3-4,8-10H,5-7H2,1-2H3,(H,14,17)(H,15,16). The van der Waals surface area contributed by atoms with Gasteiger partial charge in [-0.2, -0.15) is 0 Å². The highest BCUT2D eigenvalue weighted by Crippen LogP contribution is 2.43. The molecule has 3 atom stereocenters. The lowest BCUT2D eigenvalue weighted by Crippen LogP contribution is -2.48. The van der Waals surface area contributed by atoms with E-state index >= 15 is 0 Å². The zero-order valence-electron chi connectivity index (χ0n) is 10.3. The number of fused-ring (bicyclic) bond motifs is 2. The molecule has 0 saturated heterocycles. The SMILES string of the molecule is CC(C)(CC(=O)O)NC(=O)C1CC2C=CC1C2. The minimum atomic E-state index is -0.886. The summed E-state index contributed by atoms with van der Waals surface area (Å²) in [6.45, 7) is 3.50. The van der Waals surface area contributed by atoms with Gasteiger partial charge in [0.05, 0.1) is 6.42 Å². The normalized spacial score (nSPS) is 30.6. The minimum absolute atomic E-state index is 0.00750. The monoisotopic (exact) mass is 237 g/mol. The Morgan fingerprint density at radius 3 is 2.53 bits per heavy atom. The van der Waals surface area contributed by atoms with E-state index < -0.39 is 11.5 Å². The van der Waals surface area contributed by atoms with E-state index in [0.717, 1.165) is 12.8 Å². The quantitative estimate of drug-likeness (QED) is 0.729. The molecule has 17 heavy (non-hydrogen) atoms. The first kappa shape index (κ1) is 12.1. The first-order valence-electron chi connectivity index (χ1n) is 6.09. The van der Waals surface area contributed by atoms with Gasteiger partial charge in [-0.05, 0) is 38.5 Å². The van der Waals surface area contributed by atoms with Crippen LogP contribution < -0.4 is 5.32 Å². The minimum Gasteiger partial charge on any atom is -0.481 e. The van der Waals surface area contributed by atoms with Crippen molar-refractivity contribution in [2.75, 3.05) is 0 Å². The Kier molecular flexibility index (Phi) is 2.98. The molecule has 0 radical (unpaired) electrons. The summed E-state index contributed by atoms with van der Waals surface area (Å²) in [5, 5.41) is 11.6. The zero-order valence-corrected chi connectivity index (χ0v) is 10.3. The molecule has 0 heterocycles. The van der Waals surface area contributed by atoms with E-state index in [1.54, 1.807) is 13.8 Å². The van der Waals surface area contributed by atoms with E-state index in [-0.39, 0.29) is 18.2 Å². The summed E-state index contributed by atoms with van der Waals surface area (Å²) in [5.74, 6) is 0.0771. The lowest BCUT2D eigenvalue weighted by molar-refractivity contribution is -0.139. The largest absolute Gasteiger partial charge is 0.481 e. The molecule has 2 bridgehead atoms.